The molecule has 3 aromatic rings. The second kappa shape index (κ2) is 8.14. The minimum absolute atomic E-state index is 0.223. The molecule has 0 bridgehead atoms. The number of benzene rings is 2. The predicted molar refractivity (Wildman–Crippen MR) is 112 cm³/mol. The molecule has 4 rings (SSSR count). The molecule has 1 aliphatic rings. The highest BCUT2D eigenvalue weighted by atomic mass is 32.1. The summed E-state index contributed by atoms with van der Waals surface area (Å²) in [6.07, 6.45) is 1.75. The molecule has 0 saturated carbocycles. The highest BCUT2D eigenvalue weighted by Gasteiger charge is 2.20. The molecule has 2 heterocycles. The monoisotopic (exact) mass is 393 g/mol. The maximum Gasteiger partial charge on any atom is 0.268 e. The van der Waals surface area contributed by atoms with E-state index < -0.39 is 0 Å². The van der Waals surface area contributed by atoms with Gasteiger partial charge in [-0.15, -0.1) is 6.58 Å². The Morgan fingerprint density at radius 1 is 1.14 bits per heavy atom. The lowest BCUT2D eigenvalue weighted by Crippen LogP contribution is -2.16. The van der Waals surface area contributed by atoms with E-state index in [0.717, 1.165) is 5.56 Å². The molecule has 7 heteroatoms. The molecule has 1 aliphatic heterocycles. The Morgan fingerprint density at radius 3 is 2.71 bits per heavy atom. The van der Waals surface area contributed by atoms with Crippen molar-refractivity contribution in [2.75, 3.05) is 30.4 Å². The van der Waals surface area contributed by atoms with Crippen LogP contribution in [-0.4, -0.2) is 30.6 Å². The van der Waals surface area contributed by atoms with E-state index >= 15 is 0 Å². The van der Waals surface area contributed by atoms with Crippen LogP contribution in [0.1, 0.15) is 9.67 Å². The molecule has 6 nitrogen and oxygen atoms in total. The Kier molecular flexibility index (Phi) is 5.25. The molecule has 0 radical (unpaired) electrons. The summed E-state index contributed by atoms with van der Waals surface area (Å²) in [5, 5.41) is 6.77. The average Bonchev–Trinajstić information content (AvgIpc) is 3.17. The van der Waals surface area contributed by atoms with Crippen molar-refractivity contribution in [1.82, 2.24) is 4.98 Å². The molecule has 0 atom stereocenters. The Bertz CT molecular complexity index is 1000. The van der Waals surface area contributed by atoms with Gasteiger partial charge in [0.15, 0.2) is 16.6 Å². The number of hydrogen-bond donors (Lipinski definition) is 2. The molecular weight excluding hydrogens is 374 g/mol. The van der Waals surface area contributed by atoms with Gasteiger partial charge in [-0.2, -0.15) is 0 Å². The fourth-order valence-corrected chi connectivity index (χ4v) is 3.70. The Labute approximate surface area is 166 Å². The van der Waals surface area contributed by atoms with Crippen molar-refractivity contribution in [1.29, 1.82) is 0 Å². The average molecular weight is 393 g/mol. The van der Waals surface area contributed by atoms with Crippen molar-refractivity contribution in [3.63, 3.8) is 0 Å². The second-order valence-corrected chi connectivity index (χ2v) is 7.04. The summed E-state index contributed by atoms with van der Waals surface area (Å²) in [6, 6.07) is 15.0. The maximum absolute atomic E-state index is 13.0. The van der Waals surface area contributed by atoms with Gasteiger partial charge in [-0.1, -0.05) is 47.7 Å². The van der Waals surface area contributed by atoms with Crippen molar-refractivity contribution < 1.29 is 14.3 Å². The first-order chi connectivity index (χ1) is 13.7. The topological polar surface area (TPSA) is 72.5 Å². The highest BCUT2D eigenvalue weighted by Crippen LogP contribution is 2.34. The summed E-state index contributed by atoms with van der Waals surface area (Å²) in [5.74, 6) is 1.09. The van der Waals surface area contributed by atoms with E-state index in [1.54, 1.807) is 24.3 Å². The number of nitrogens with one attached hydrogen (secondary N) is 2. The van der Waals surface area contributed by atoms with E-state index in [1.807, 2.05) is 30.3 Å². The largest absolute Gasteiger partial charge is 0.486 e. The SMILES string of the molecule is C=CCNc1nc(-c2ccccc2)c(C(=O)Nc2ccc3c(c2)OCCO3)s1. The molecule has 0 fully saturated rings. The van der Waals surface area contributed by atoms with Crippen molar-refractivity contribution in [2.24, 2.45) is 0 Å². The zero-order valence-corrected chi connectivity index (χ0v) is 15.9. The van der Waals surface area contributed by atoms with Gasteiger partial charge in [0.25, 0.3) is 5.91 Å². The van der Waals surface area contributed by atoms with Crippen LogP contribution in [0.25, 0.3) is 11.3 Å². The third-order valence-corrected chi connectivity index (χ3v) is 5.09. The van der Waals surface area contributed by atoms with Crippen LogP contribution in [0.5, 0.6) is 11.5 Å². The quantitative estimate of drug-likeness (QED) is 0.606. The molecule has 1 amide bonds. The van der Waals surface area contributed by atoms with Crippen molar-refractivity contribution in [3.8, 4) is 22.8 Å². The first-order valence-corrected chi connectivity index (χ1v) is 9.68. The lowest BCUT2D eigenvalue weighted by Gasteiger charge is -2.19. The van der Waals surface area contributed by atoms with Gasteiger partial charge >= 0.3 is 0 Å². The van der Waals surface area contributed by atoms with Crippen LogP contribution in [0.2, 0.25) is 0 Å². The number of fused-ring (bicyclic) bond motifs is 1. The Balaban J connectivity index is 1.62. The number of carbonyl (C=O) groups is 1. The zero-order chi connectivity index (χ0) is 19.3. The fourth-order valence-electron chi connectivity index (χ4n) is 2.81. The summed E-state index contributed by atoms with van der Waals surface area (Å²) in [6.45, 7) is 5.30. The summed E-state index contributed by atoms with van der Waals surface area (Å²) >= 11 is 1.31. The van der Waals surface area contributed by atoms with Crippen molar-refractivity contribution >= 4 is 28.1 Å². The van der Waals surface area contributed by atoms with E-state index in [1.165, 1.54) is 11.3 Å². The molecule has 0 aliphatic carbocycles. The molecule has 2 N–H and O–H groups in total. The van der Waals surface area contributed by atoms with Crippen LogP contribution < -0.4 is 20.1 Å². The zero-order valence-electron chi connectivity index (χ0n) is 15.1. The molecule has 2 aromatic carbocycles. The molecule has 0 unspecified atom stereocenters. The van der Waals surface area contributed by atoms with Crippen LogP contribution in [0.4, 0.5) is 10.8 Å². The van der Waals surface area contributed by atoms with Crippen LogP contribution in [0.3, 0.4) is 0 Å². The second-order valence-electron chi connectivity index (χ2n) is 6.04. The summed E-state index contributed by atoms with van der Waals surface area (Å²) < 4.78 is 11.1. The van der Waals surface area contributed by atoms with E-state index in [-0.39, 0.29) is 5.91 Å². The molecule has 142 valence electrons. The number of thiazole rings is 1. The van der Waals surface area contributed by atoms with E-state index in [0.29, 0.717) is 52.6 Å². The van der Waals surface area contributed by atoms with Gasteiger partial charge < -0.3 is 20.1 Å². The van der Waals surface area contributed by atoms with Crippen LogP contribution in [-0.2, 0) is 0 Å². The van der Waals surface area contributed by atoms with Gasteiger partial charge in [0.2, 0.25) is 0 Å². The van der Waals surface area contributed by atoms with Crippen molar-refractivity contribution in [2.45, 2.75) is 0 Å². The number of anilines is 2. The molecule has 28 heavy (non-hydrogen) atoms. The lowest BCUT2D eigenvalue weighted by atomic mass is 10.1. The molecular formula is C21H19N3O3S. The van der Waals surface area contributed by atoms with Gasteiger partial charge in [0.05, 0.1) is 5.69 Å². The van der Waals surface area contributed by atoms with E-state index in [4.69, 9.17) is 9.47 Å². The molecule has 0 spiro atoms. The van der Waals surface area contributed by atoms with E-state index in [9.17, 15) is 4.79 Å². The number of nitrogens with zero attached hydrogens (tertiary/aromatic N) is 1. The first-order valence-electron chi connectivity index (χ1n) is 8.86. The minimum atomic E-state index is -0.223. The van der Waals surface area contributed by atoms with Crippen LogP contribution >= 0.6 is 11.3 Å². The highest BCUT2D eigenvalue weighted by molar-refractivity contribution is 7.18. The number of carbonyl (C=O) groups excluding carboxylic acids is 1. The number of ether oxygens (including phenoxy) is 2. The van der Waals surface area contributed by atoms with Gasteiger partial charge in [0, 0.05) is 23.9 Å². The Morgan fingerprint density at radius 2 is 1.93 bits per heavy atom. The molecule has 1 aromatic heterocycles. The van der Waals surface area contributed by atoms with Crippen LogP contribution in [0, 0.1) is 0 Å². The predicted octanol–water partition coefficient (Wildman–Crippen LogP) is 4.43. The third kappa shape index (κ3) is 3.84. The summed E-state index contributed by atoms with van der Waals surface area (Å²) in [4.78, 5) is 18.1. The Hall–Kier alpha value is -3.32. The fraction of sp³-hybridized carbons (Fsp3) is 0.143. The summed E-state index contributed by atoms with van der Waals surface area (Å²) in [7, 11) is 0. The van der Waals surface area contributed by atoms with Crippen LogP contribution in [0.15, 0.2) is 61.2 Å². The van der Waals surface area contributed by atoms with Gasteiger partial charge in [-0.3, -0.25) is 4.79 Å². The number of aromatic nitrogens is 1. The molecule has 0 saturated heterocycles. The standard InChI is InChI=1S/C21H19N3O3S/c1-2-10-22-21-24-18(14-6-4-3-5-7-14)19(28-21)20(25)23-15-8-9-16-17(13-15)27-12-11-26-16/h2-9,13H,1,10-12H2,(H,22,24)(H,23,25). The number of amides is 1. The smallest absolute Gasteiger partial charge is 0.268 e. The van der Waals surface area contributed by atoms with Crippen molar-refractivity contribution in [3.05, 3.63) is 66.1 Å². The number of hydrogen-bond acceptors (Lipinski definition) is 6. The minimum Gasteiger partial charge on any atom is -0.486 e. The van der Waals surface area contributed by atoms with Gasteiger partial charge in [0.1, 0.15) is 18.1 Å². The number of rotatable bonds is 6. The maximum atomic E-state index is 13.0. The first kappa shape index (κ1) is 18.1. The third-order valence-electron chi connectivity index (χ3n) is 4.08. The lowest BCUT2D eigenvalue weighted by molar-refractivity contribution is 0.103. The normalized spacial score (nSPS) is 12.3. The van der Waals surface area contributed by atoms with E-state index in [2.05, 4.69) is 22.2 Å². The van der Waals surface area contributed by atoms with Gasteiger partial charge in [-0.25, -0.2) is 4.98 Å². The van der Waals surface area contributed by atoms with Gasteiger partial charge in [-0.05, 0) is 12.1 Å². The summed E-state index contributed by atoms with van der Waals surface area (Å²) in [5.41, 5.74) is 2.17.